The van der Waals surface area contributed by atoms with E-state index in [0.717, 1.165) is 16.7 Å². The molecule has 0 amide bonds. The first-order valence-corrected chi connectivity index (χ1v) is 6.65. The number of hydrogen-bond donors (Lipinski definition) is 2. The molecule has 2 rings (SSSR count). The number of phenolic OH excluding ortho intramolecular Hbond substituents is 1. The first-order chi connectivity index (χ1) is 10.6. The molecular weight excluding hydrogens is 282 g/mol. The lowest BCUT2D eigenvalue weighted by atomic mass is 9.98. The minimum atomic E-state index is 0.0502. The molecule has 0 aliphatic heterocycles. The number of phenols is 1. The lowest BCUT2D eigenvalue weighted by Gasteiger charge is -2.13. The van der Waals surface area contributed by atoms with Crippen LogP contribution >= 0.6 is 0 Å². The minimum Gasteiger partial charge on any atom is -0.504 e. The first kappa shape index (κ1) is 15.6. The molecule has 0 saturated heterocycles. The molecule has 5 nitrogen and oxygen atoms in total. The van der Waals surface area contributed by atoms with Crippen molar-refractivity contribution in [2.75, 3.05) is 21.3 Å². The third-order valence-corrected chi connectivity index (χ3v) is 3.32. The van der Waals surface area contributed by atoms with Crippen LogP contribution < -0.4 is 19.9 Å². The SMILES string of the molecule is COc1cc(OC)cc(C(=CN)c2ccc(OC)c(O)c2)c1. The van der Waals surface area contributed by atoms with Crippen LogP contribution in [0.4, 0.5) is 0 Å². The van der Waals surface area contributed by atoms with Crippen molar-refractivity contribution in [2.45, 2.75) is 0 Å². The van der Waals surface area contributed by atoms with Gasteiger partial charge < -0.3 is 25.1 Å². The molecule has 116 valence electrons. The summed E-state index contributed by atoms with van der Waals surface area (Å²) < 4.78 is 15.6. The third-order valence-electron chi connectivity index (χ3n) is 3.32. The van der Waals surface area contributed by atoms with Crippen LogP contribution in [0.25, 0.3) is 5.57 Å². The van der Waals surface area contributed by atoms with Crippen LogP contribution in [0.1, 0.15) is 11.1 Å². The van der Waals surface area contributed by atoms with Gasteiger partial charge in [-0.25, -0.2) is 0 Å². The molecule has 22 heavy (non-hydrogen) atoms. The zero-order valence-electron chi connectivity index (χ0n) is 12.8. The van der Waals surface area contributed by atoms with Gasteiger partial charge in [0.1, 0.15) is 11.5 Å². The second kappa shape index (κ2) is 6.76. The summed E-state index contributed by atoms with van der Waals surface area (Å²) in [5, 5.41) is 9.94. The van der Waals surface area contributed by atoms with Gasteiger partial charge >= 0.3 is 0 Å². The quantitative estimate of drug-likeness (QED) is 0.888. The van der Waals surface area contributed by atoms with E-state index in [1.165, 1.54) is 13.3 Å². The van der Waals surface area contributed by atoms with Crippen molar-refractivity contribution >= 4 is 5.57 Å². The first-order valence-electron chi connectivity index (χ1n) is 6.65. The van der Waals surface area contributed by atoms with Crippen LogP contribution in [0.5, 0.6) is 23.0 Å². The lowest BCUT2D eigenvalue weighted by molar-refractivity contribution is 0.373. The number of hydrogen-bond acceptors (Lipinski definition) is 5. The Hall–Kier alpha value is -2.82. The van der Waals surface area contributed by atoms with E-state index < -0.39 is 0 Å². The van der Waals surface area contributed by atoms with Gasteiger partial charge in [-0.15, -0.1) is 0 Å². The Bertz CT molecular complexity index is 673. The number of ether oxygens (including phenoxy) is 3. The zero-order valence-corrected chi connectivity index (χ0v) is 12.8. The molecule has 0 aliphatic rings. The molecule has 2 aromatic rings. The highest BCUT2D eigenvalue weighted by molar-refractivity contribution is 5.81. The van der Waals surface area contributed by atoms with Gasteiger partial charge in [0, 0.05) is 17.8 Å². The maximum Gasteiger partial charge on any atom is 0.160 e. The van der Waals surface area contributed by atoms with Gasteiger partial charge in [-0.1, -0.05) is 6.07 Å². The largest absolute Gasteiger partial charge is 0.504 e. The fourth-order valence-corrected chi connectivity index (χ4v) is 2.18. The summed E-state index contributed by atoms with van der Waals surface area (Å²) in [6.45, 7) is 0. The Morgan fingerprint density at radius 1 is 0.909 bits per heavy atom. The standard InChI is InChI=1S/C17H19NO4/c1-20-13-6-12(7-14(9-13)21-2)15(10-18)11-4-5-17(22-3)16(19)8-11/h4-10,19H,18H2,1-3H3. The molecule has 0 unspecified atom stereocenters. The van der Waals surface area contributed by atoms with Crippen molar-refractivity contribution in [1.82, 2.24) is 0 Å². The second-order valence-corrected chi connectivity index (χ2v) is 4.57. The molecule has 0 fully saturated rings. The molecule has 0 aliphatic carbocycles. The topological polar surface area (TPSA) is 73.9 Å². The summed E-state index contributed by atoms with van der Waals surface area (Å²) >= 11 is 0. The fraction of sp³-hybridized carbons (Fsp3) is 0.176. The van der Waals surface area contributed by atoms with E-state index >= 15 is 0 Å². The summed E-state index contributed by atoms with van der Waals surface area (Å²) in [6, 6.07) is 10.6. The van der Waals surface area contributed by atoms with Crippen LogP contribution in [0.2, 0.25) is 0 Å². The maximum absolute atomic E-state index is 9.94. The molecule has 0 radical (unpaired) electrons. The maximum atomic E-state index is 9.94. The van der Waals surface area contributed by atoms with Gasteiger partial charge in [-0.2, -0.15) is 0 Å². The summed E-state index contributed by atoms with van der Waals surface area (Å²) in [6.07, 6.45) is 1.48. The molecule has 0 heterocycles. The van der Waals surface area contributed by atoms with Gasteiger partial charge in [-0.05, 0) is 35.4 Å². The van der Waals surface area contributed by atoms with Crippen molar-refractivity contribution in [3.63, 3.8) is 0 Å². The molecule has 5 heteroatoms. The van der Waals surface area contributed by atoms with E-state index in [-0.39, 0.29) is 5.75 Å². The number of benzene rings is 2. The molecule has 0 saturated carbocycles. The van der Waals surface area contributed by atoms with Gasteiger partial charge in [-0.3, -0.25) is 0 Å². The summed E-state index contributed by atoms with van der Waals surface area (Å²) in [7, 11) is 4.68. The van der Waals surface area contributed by atoms with Crippen molar-refractivity contribution in [3.05, 3.63) is 53.7 Å². The van der Waals surface area contributed by atoms with Crippen molar-refractivity contribution in [2.24, 2.45) is 5.73 Å². The Labute approximate surface area is 129 Å². The van der Waals surface area contributed by atoms with Crippen molar-refractivity contribution < 1.29 is 19.3 Å². The van der Waals surface area contributed by atoms with Gasteiger partial charge in [0.25, 0.3) is 0 Å². The number of methoxy groups -OCH3 is 3. The van der Waals surface area contributed by atoms with Gasteiger partial charge in [0.2, 0.25) is 0 Å². The Morgan fingerprint density at radius 3 is 2.00 bits per heavy atom. The van der Waals surface area contributed by atoms with Crippen LogP contribution in [0.3, 0.4) is 0 Å². The normalized spacial score (nSPS) is 11.1. The van der Waals surface area contributed by atoms with E-state index in [0.29, 0.717) is 17.2 Å². The summed E-state index contributed by atoms with van der Waals surface area (Å²) in [5.74, 6) is 1.77. The zero-order chi connectivity index (χ0) is 16.1. The highest BCUT2D eigenvalue weighted by Gasteiger charge is 2.11. The van der Waals surface area contributed by atoms with E-state index in [1.807, 2.05) is 18.2 Å². The molecule has 0 spiro atoms. The highest BCUT2D eigenvalue weighted by atomic mass is 16.5. The highest BCUT2D eigenvalue weighted by Crippen LogP contribution is 2.34. The van der Waals surface area contributed by atoms with Crippen LogP contribution in [-0.2, 0) is 0 Å². The number of nitrogens with two attached hydrogens (primary N) is 1. The predicted molar refractivity (Wildman–Crippen MR) is 85.5 cm³/mol. The van der Waals surface area contributed by atoms with E-state index in [1.54, 1.807) is 32.4 Å². The fourth-order valence-electron chi connectivity index (χ4n) is 2.18. The average molecular weight is 301 g/mol. The minimum absolute atomic E-state index is 0.0502. The van der Waals surface area contributed by atoms with E-state index in [9.17, 15) is 5.11 Å². The smallest absolute Gasteiger partial charge is 0.160 e. The third kappa shape index (κ3) is 3.09. The molecule has 2 aromatic carbocycles. The molecule has 0 bridgehead atoms. The summed E-state index contributed by atoms with van der Waals surface area (Å²) in [5.41, 5.74) is 8.11. The lowest BCUT2D eigenvalue weighted by Crippen LogP contribution is -1.96. The Morgan fingerprint density at radius 2 is 1.55 bits per heavy atom. The van der Waals surface area contributed by atoms with Gasteiger partial charge in [0.05, 0.1) is 21.3 Å². The predicted octanol–water partition coefficient (Wildman–Crippen LogP) is 2.77. The van der Waals surface area contributed by atoms with Crippen molar-refractivity contribution in [1.29, 1.82) is 0 Å². The number of rotatable bonds is 5. The van der Waals surface area contributed by atoms with Crippen LogP contribution in [-0.4, -0.2) is 26.4 Å². The summed E-state index contributed by atoms with van der Waals surface area (Å²) in [4.78, 5) is 0. The Balaban J connectivity index is 2.51. The van der Waals surface area contributed by atoms with Gasteiger partial charge in [0.15, 0.2) is 11.5 Å². The van der Waals surface area contributed by atoms with E-state index in [2.05, 4.69) is 0 Å². The Kier molecular flexibility index (Phi) is 4.78. The van der Waals surface area contributed by atoms with Crippen molar-refractivity contribution in [3.8, 4) is 23.0 Å². The molecule has 3 N–H and O–H groups in total. The van der Waals surface area contributed by atoms with E-state index in [4.69, 9.17) is 19.9 Å². The number of aromatic hydroxyl groups is 1. The average Bonchev–Trinajstić information content (AvgIpc) is 2.55. The monoisotopic (exact) mass is 301 g/mol. The van der Waals surface area contributed by atoms with Crippen LogP contribution in [0.15, 0.2) is 42.6 Å². The second-order valence-electron chi connectivity index (χ2n) is 4.57. The molecule has 0 atom stereocenters. The molecule has 0 aromatic heterocycles. The van der Waals surface area contributed by atoms with Crippen LogP contribution in [0, 0.1) is 0 Å². The molecular formula is C17H19NO4.